The van der Waals surface area contributed by atoms with Crippen LogP contribution in [-0.4, -0.2) is 9.55 Å². The number of hydrogen-bond donors (Lipinski definition) is 1. The quantitative estimate of drug-likeness (QED) is 0.840. The smallest absolute Gasteiger partial charge is 0.297 e. The SMILES string of the molecule is O=c1[nH]c(Cl)c(-c2ccccc2Br)c(=O)n1C1CCC1. The molecule has 3 rings (SSSR count). The van der Waals surface area contributed by atoms with Crippen LogP contribution in [0.3, 0.4) is 0 Å². The van der Waals surface area contributed by atoms with Crippen molar-refractivity contribution in [3.8, 4) is 11.1 Å². The van der Waals surface area contributed by atoms with E-state index in [1.165, 1.54) is 4.57 Å². The molecule has 0 amide bonds. The van der Waals surface area contributed by atoms with Crippen LogP contribution in [0, 0.1) is 0 Å². The second kappa shape index (κ2) is 5.22. The van der Waals surface area contributed by atoms with E-state index in [1.807, 2.05) is 18.2 Å². The van der Waals surface area contributed by atoms with Crippen LogP contribution in [0.15, 0.2) is 38.3 Å². The van der Waals surface area contributed by atoms with Crippen LogP contribution in [-0.2, 0) is 0 Å². The van der Waals surface area contributed by atoms with Crippen molar-refractivity contribution in [2.75, 3.05) is 0 Å². The number of H-pyrrole nitrogens is 1. The van der Waals surface area contributed by atoms with Gasteiger partial charge in [-0.1, -0.05) is 45.7 Å². The summed E-state index contributed by atoms with van der Waals surface area (Å²) in [5, 5.41) is 0.0856. The van der Waals surface area contributed by atoms with Crippen LogP contribution in [0.2, 0.25) is 5.15 Å². The van der Waals surface area contributed by atoms with Gasteiger partial charge in [0.1, 0.15) is 5.15 Å². The summed E-state index contributed by atoms with van der Waals surface area (Å²) in [4.78, 5) is 27.2. The largest absolute Gasteiger partial charge is 0.329 e. The fourth-order valence-corrected chi connectivity index (χ4v) is 3.14. The third-order valence-corrected chi connectivity index (χ3v) is 4.65. The Kier molecular flexibility index (Phi) is 3.56. The maximum atomic E-state index is 12.6. The van der Waals surface area contributed by atoms with Gasteiger partial charge in [-0.25, -0.2) is 4.79 Å². The molecule has 1 saturated carbocycles. The van der Waals surface area contributed by atoms with Crippen molar-refractivity contribution in [2.24, 2.45) is 0 Å². The van der Waals surface area contributed by atoms with Crippen molar-refractivity contribution >= 4 is 27.5 Å². The molecule has 20 heavy (non-hydrogen) atoms. The Bertz CT molecular complexity index is 777. The topological polar surface area (TPSA) is 54.9 Å². The van der Waals surface area contributed by atoms with Gasteiger partial charge in [-0.2, -0.15) is 0 Å². The van der Waals surface area contributed by atoms with Gasteiger partial charge >= 0.3 is 5.69 Å². The normalized spacial score (nSPS) is 15.1. The molecule has 1 aliphatic carbocycles. The highest BCUT2D eigenvalue weighted by Gasteiger charge is 2.25. The highest BCUT2D eigenvalue weighted by molar-refractivity contribution is 9.10. The van der Waals surface area contributed by atoms with Gasteiger partial charge in [-0.3, -0.25) is 14.3 Å². The third-order valence-electron chi connectivity index (χ3n) is 3.67. The van der Waals surface area contributed by atoms with E-state index in [0.717, 1.165) is 23.7 Å². The molecule has 4 nitrogen and oxygen atoms in total. The Labute approximate surface area is 128 Å². The summed E-state index contributed by atoms with van der Waals surface area (Å²) in [6.07, 6.45) is 2.77. The van der Waals surface area contributed by atoms with E-state index in [0.29, 0.717) is 11.1 Å². The minimum absolute atomic E-state index is 0.00949. The minimum Gasteiger partial charge on any atom is -0.297 e. The molecule has 1 fully saturated rings. The standard InChI is InChI=1S/C14H12BrClN2O2/c15-10-7-2-1-6-9(10)11-12(16)17-14(20)18(13(11)19)8-4-3-5-8/h1-2,6-8H,3-5H2,(H,17,20). The van der Waals surface area contributed by atoms with E-state index in [1.54, 1.807) is 6.07 Å². The minimum atomic E-state index is -0.430. The summed E-state index contributed by atoms with van der Waals surface area (Å²) in [7, 11) is 0. The van der Waals surface area contributed by atoms with E-state index in [4.69, 9.17) is 11.6 Å². The van der Waals surface area contributed by atoms with Gasteiger partial charge in [0.25, 0.3) is 5.56 Å². The molecular formula is C14H12BrClN2O2. The lowest BCUT2D eigenvalue weighted by molar-refractivity contribution is 0.297. The summed E-state index contributed by atoms with van der Waals surface area (Å²) >= 11 is 9.50. The van der Waals surface area contributed by atoms with Crippen LogP contribution in [0.25, 0.3) is 11.1 Å². The van der Waals surface area contributed by atoms with Crippen LogP contribution < -0.4 is 11.2 Å². The summed E-state index contributed by atoms with van der Waals surface area (Å²) in [5.74, 6) is 0. The molecule has 104 valence electrons. The molecule has 0 aliphatic heterocycles. The average Bonchev–Trinajstić information content (AvgIpc) is 2.34. The Morgan fingerprint density at radius 1 is 1.25 bits per heavy atom. The van der Waals surface area contributed by atoms with Gasteiger partial charge in [-0.05, 0) is 25.3 Å². The van der Waals surface area contributed by atoms with Crippen molar-refractivity contribution in [3.05, 3.63) is 54.7 Å². The number of rotatable bonds is 2. The lowest BCUT2D eigenvalue weighted by atomic mass is 9.92. The van der Waals surface area contributed by atoms with Gasteiger partial charge in [0, 0.05) is 16.1 Å². The number of benzene rings is 1. The van der Waals surface area contributed by atoms with Crippen LogP contribution in [0.1, 0.15) is 25.3 Å². The van der Waals surface area contributed by atoms with Gasteiger partial charge in [0.05, 0.1) is 5.56 Å². The third kappa shape index (κ3) is 2.15. The molecular weight excluding hydrogens is 344 g/mol. The van der Waals surface area contributed by atoms with Crippen molar-refractivity contribution in [3.63, 3.8) is 0 Å². The van der Waals surface area contributed by atoms with Gasteiger partial charge < -0.3 is 0 Å². The first-order valence-electron chi connectivity index (χ1n) is 6.39. The van der Waals surface area contributed by atoms with Crippen molar-refractivity contribution in [2.45, 2.75) is 25.3 Å². The zero-order valence-electron chi connectivity index (χ0n) is 10.5. The summed E-state index contributed by atoms with van der Waals surface area (Å²) in [5.41, 5.74) is 0.272. The highest BCUT2D eigenvalue weighted by Crippen LogP contribution is 2.32. The molecule has 0 spiro atoms. The summed E-state index contributed by atoms with van der Waals surface area (Å²) in [6, 6.07) is 7.32. The number of nitrogens with one attached hydrogen (secondary N) is 1. The number of halogens is 2. The molecule has 1 aromatic heterocycles. The van der Waals surface area contributed by atoms with E-state index in [-0.39, 0.29) is 16.8 Å². The lowest BCUT2D eigenvalue weighted by Gasteiger charge is -2.27. The number of hydrogen-bond acceptors (Lipinski definition) is 2. The van der Waals surface area contributed by atoms with Crippen molar-refractivity contribution < 1.29 is 0 Å². The van der Waals surface area contributed by atoms with E-state index in [2.05, 4.69) is 20.9 Å². The average molecular weight is 356 g/mol. The van der Waals surface area contributed by atoms with E-state index in [9.17, 15) is 9.59 Å². The number of nitrogens with zero attached hydrogens (tertiary/aromatic N) is 1. The molecule has 1 aromatic carbocycles. The first-order valence-corrected chi connectivity index (χ1v) is 7.56. The van der Waals surface area contributed by atoms with Gasteiger partial charge in [-0.15, -0.1) is 0 Å². The molecule has 0 unspecified atom stereocenters. The van der Waals surface area contributed by atoms with Crippen molar-refractivity contribution in [1.82, 2.24) is 9.55 Å². The lowest BCUT2D eigenvalue weighted by Crippen LogP contribution is -2.41. The molecule has 1 N–H and O–H groups in total. The molecule has 2 aromatic rings. The summed E-state index contributed by atoms with van der Waals surface area (Å²) in [6.45, 7) is 0. The van der Waals surface area contributed by atoms with Crippen molar-refractivity contribution in [1.29, 1.82) is 0 Å². The first kappa shape index (κ1) is 13.6. The van der Waals surface area contributed by atoms with Gasteiger partial charge in [0.15, 0.2) is 0 Å². The van der Waals surface area contributed by atoms with Crippen LogP contribution >= 0.6 is 27.5 Å². The number of aromatic nitrogens is 2. The van der Waals surface area contributed by atoms with E-state index >= 15 is 0 Å². The zero-order chi connectivity index (χ0) is 14.3. The second-order valence-corrected chi connectivity index (χ2v) is 6.09. The molecule has 0 bridgehead atoms. The van der Waals surface area contributed by atoms with E-state index < -0.39 is 5.69 Å². The Balaban J connectivity index is 2.29. The predicted molar refractivity (Wildman–Crippen MR) is 82.4 cm³/mol. The highest BCUT2D eigenvalue weighted by atomic mass is 79.9. The monoisotopic (exact) mass is 354 g/mol. The molecule has 0 atom stereocenters. The Hall–Kier alpha value is -1.33. The van der Waals surface area contributed by atoms with Gasteiger partial charge in [0.2, 0.25) is 0 Å². The second-order valence-electron chi connectivity index (χ2n) is 4.86. The maximum absolute atomic E-state index is 12.6. The van der Waals surface area contributed by atoms with Crippen LogP contribution in [0.4, 0.5) is 0 Å². The Morgan fingerprint density at radius 3 is 2.55 bits per heavy atom. The fourth-order valence-electron chi connectivity index (χ4n) is 2.40. The first-order chi connectivity index (χ1) is 9.59. The number of aromatic amines is 1. The molecule has 6 heteroatoms. The molecule has 1 aliphatic rings. The Morgan fingerprint density at radius 2 is 1.95 bits per heavy atom. The fraction of sp³-hybridized carbons (Fsp3) is 0.286. The molecule has 0 radical (unpaired) electrons. The predicted octanol–water partition coefficient (Wildman–Crippen LogP) is 3.34. The maximum Gasteiger partial charge on any atom is 0.329 e. The molecule has 0 saturated heterocycles. The van der Waals surface area contributed by atoms with Crippen LogP contribution in [0.5, 0.6) is 0 Å². The summed E-state index contributed by atoms with van der Waals surface area (Å²) < 4.78 is 2.07. The zero-order valence-corrected chi connectivity index (χ0v) is 12.9. The molecule has 1 heterocycles.